The summed E-state index contributed by atoms with van der Waals surface area (Å²) in [5, 5.41) is 0. The fourth-order valence-electron chi connectivity index (χ4n) is 4.83. The van der Waals surface area contributed by atoms with Gasteiger partial charge in [-0.1, -0.05) is 44.2 Å². The van der Waals surface area contributed by atoms with E-state index in [2.05, 4.69) is 13.8 Å². The number of carbonyl (C=O) groups is 2. The Hall–Kier alpha value is -3.41. The van der Waals surface area contributed by atoms with Gasteiger partial charge in [-0.15, -0.1) is 0 Å². The van der Waals surface area contributed by atoms with Crippen molar-refractivity contribution >= 4 is 17.5 Å². The summed E-state index contributed by atoms with van der Waals surface area (Å²) in [4.78, 5) is 31.4. The number of benzene rings is 2. The number of carbonyl (C=O) groups excluding carboxylic acids is 2. The molecule has 6 nitrogen and oxygen atoms in total. The molecule has 1 aliphatic carbocycles. The van der Waals surface area contributed by atoms with Gasteiger partial charge in [-0.3, -0.25) is 14.6 Å². The molecule has 2 aromatic rings. The van der Waals surface area contributed by atoms with Crippen molar-refractivity contribution in [2.75, 3.05) is 20.3 Å². The molecular weight excluding hydrogens is 430 g/mol. The number of ketones is 1. The molecule has 0 bridgehead atoms. The molecular formula is C28H31NO5. The van der Waals surface area contributed by atoms with Crippen LogP contribution in [0.5, 0.6) is 11.5 Å². The number of nitrogens with zero attached hydrogens (tertiary/aromatic N) is 1. The maximum Gasteiger partial charge on any atom is 0.315 e. The fourth-order valence-corrected chi connectivity index (χ4v) is 4.83. The molecule has 6 heteroatoms. The van der Waals surface area contributed by atoms with Crippen LogP contribution in [0.1, 0.15) is 45.1 Å². The van der Waals surface area contributed by atoms with E-state index in [0.717, 1.165) is 17.0 Å². The quantitative estimate of drug-likeness (QED) is 0.422. The van der Waals surface area contributed by atoms with Crippen LogP contribution >= 0.6 is 0 Å². The van der Waals surface area contributed by atoms with Crippen molar-refractivity contribution in [3.63, 3.8) is 0 Å². The Morgan fingerprint density at radius 1 is 1.00 bits per heavy atom. The van der Waals surface area contributed by atoms with Crippen molar-refractivity contribution in [2.24, 2.45) is 16.3 Å². The van der Waals surface area contributed by atoms with Crippen LogP contribution in [0.15, 0.2) is 70.9 Å². The van der Waals surface area contributed by atoms with Gasteiger partial charge in [0.15, 0.2) is 5.78 Å². The number of hydrogen-bond acceptors (Lipinski definition) is 6. The van der Waals surface area contributed by atoms with Gasteiger partial charge >= 0.3 is 5.97 Å². The molecule has 0 N–H and O–H groups in total. The van der Waals surface area contributed by atoms with Crippen LogP contribution in [0.4, 0.5) is 0 Å². The standard InChI is InChI=1S/C28H31NO5/c1-18-24(27(31)34-15-14-33-21-8-6-5-7-9-21)25(19-10-12-20(32-4)13-11-19)26-22(29-18)16-28(2,3)17-23(26)30/h5-13,24-25H,14-17H2,1-4H3/t24?,25-/m0/s1. The number of Topliss-reactive ketones (excluding diaryl/α,β-unsaturated/α-hetero) is 1. The number of esters is 1. The van der Waals surface area contributed by atoms with E-state index >= 15 is 0 Å². The van der Waals surface area contributed by atoms with Crippen LogP contribution in [0.25, 0.3) is 0 Å². The minimum absolute atomic E-state index is 0.0496. The topological polar surface area (TPSA) is 74.2 Å². The molecule has 178 valence electrons. The lowest BCUT2D eigenvalue weighted by molar-refractivity contribution is -0.147. The third-order valence-electron chi connectivity index (χ3n) is 6.37. The third-order valence-corrected chi connectivity index (χ3v) is 6.37. The molecule has 2 atom stereocenters. The molecule has 0 spiro atoms. The first-order chi connectivity index (χ1) is 16.3. The zero-order chi connectivity index (χ0) is 24.3. The zero-order valence-electron chi connectivity index (χ0n) is 20.2. The van der Waals surface area contributed by atoms with E-state index in [4.69, 9.17) is 19.2 Å². The Labute approximate surface area is 200 Å². The molecule has 0 radical (unpaired) electrons. The predicted molar refractivity (Wildman–Crippen MR) is 130 cm³/mol. The van der Waals surface area contributed by atoms with Gasteiger partial charge in [-0.05, 0) is 48.6 Å². The normalized spacial score (nSPS) is 21.4. The molecule has 34 heavy (non-hydrogen) atoms. The molecule has 0 saturated heterocycles. The highest BCUT2D eigenvalue weighted by molar-refractivity contribution is 6.09. The summed E-state index contributed by atoms with van der Waals surface area (Å²) in [5.41, 5.74) is 2.80. The summed E-state index contributed by atoms with van der Waals surface area (Å²) >= 11 is 0. The predicted octanol–water partition coefficient (Wildman–Crippen LogP) is 5.13. The van der Waals surface area contributed by atoms with E-state index in [1.54, 1.807) is 7.11 Å². The van der Waals surface area contributed by atoms with E-state index in [1.165, 1.54) is 0 Å². The zero-order valence-corrected chi connectivity index (χ0v) is 20.2. The van der Waals surface area contributed by atoms with Crippen molar-refractivity contribution in [1.82, 2.24) is 0 Å². The highest BCUT2D eigenvalue weighted by Gasteiger charge is 2.46. The van der Waals surface area contributed by atoms with E-state index in [-0.39, 0.29) is 24.4 Å². The van der Waals surface area contributed by atoms with Gasteiger partial charge in [0, 0.05) is 29.3 Å². The summed E-state index contributed by atoms with van der Waals surface area (Å²) in [6, 6.07) is 16.9. The van der Waals surface area contributed by atoms with Gasteiger partial charge in [0.2, 0.25) is 0 Å². The molecule has 1 unspecified atom stereocenters. The van der Waals surface area contributed by atoms with Gasteiger partial charge in [-0.25, -0.2) is 0 Å². The summed E-state index contributed by atoms with van der Waals surface area (Å²) in [6.45, 7) is 6.36. The number of methoxy groups -OCH3 is 1. The molecule has 0 saturated carbocycles. The van der Waals surface area contributed by atoms with Gasteiger partial charge in [0.05, 0.1) is 7.11 Å². The Morgan fingerprint density at radius 3 is 2.38 bits per heavy atom. The van der Waals surface area contributed by atoms with Crippen molar-refractivity contribution in [3.05, 3.63) is 71.4 Å². The average molecular weight is 462 g/mol. The lowest BCUT2D eigenvalue weighted by Crippen LogP contribution is -2.39. The smallest absolute Gasteiger partial charge is 0.315 e. The minimum atomic E-state index is -0.672. The van der Waals surface area contributed by atoms with E-state index < -0.39 is 17.8 Å². The number of allylic oxidation sites excluding steroid dienone is 2. The molecule has 2 aliphatic rings. The van der Waals surface area contributed by atoms with Crippen molar-refractivity contribution in [3.8, 4) is 11.5 Å². The molecule has 0 aromatic heterocycles. The average Bonchev–Trinajstić information content (AvgIpc) is 2.80. The molecule has 0 amide bonds. The van der Waals surface area contributed by atoms with Crippen LogP contribution in [-0.2, 0) is 14.3 Å². The molecule has 2 aromatic carbocycles. The maximum absolute atomic E-state index is 13.3. The number of rotatable bonds is 7. The van der Waals surface area contributed by atoms with Crippen LogP contribution in [0.2, 0.25) is 0 Å². The molecule has 0 fully saturated rings. The summed E-state index contributed by atoms with van der Waals surface area (Å²) in [5.74, 6) is -0.0299. The lowest BCUT2D eigenvalue weighted by atomic mass is 9.67. The van der Waals surface area contributed by atoms with E-state index in [9.17, 15) is 9.59 Å². The largest absolute Gasteiger partial charge is 0.497 e. The number of para-hydroxylation sites is 1. The molecule has 1 heterocycles. The first-order valence-electron chi connectivity index (χ1n) is 11.6. The minimum Gasteiger partial charge on any atom is -0.497 e. The Kier molecular flexibility index (Phi) is 6.87. The summed E-state index contributed by atoms with van der Waals surface area (Å²) in [7, 11) is 1.61. The second-order valence-electron chi connectivity index (χ2n) is 9.61. The first-order valence-corrected chi connectivity index (χ1v) is 11.6. The number of aliphatic imine (C=N–C) groups is 1. The number of ether oxygens (including phenoxy) is 3. The van der Waals surface area contributed by atoms with Crippen molar-refractivity contribution < 1.29 is 23.8 Å². The molecule has 1 aliphatic heterocycles. The highest BCUT2D eigenvalue weighted by atomic mass is 16.6. The SMILES string of the molecule is COc1ccc([C@@H]2C3=C(CC(C)(C)CC3=O)N=C(C)C2C(=O)OCCOc2ccccc2)cc1. The molecule has 4 rings (SSSR count). The van der Waals surface area contributed by atoms with Gasteiger partial charge in [0.25, 0.3) is 0 Å². The number of hydrogen-bond donors (Lipinski definition) is 0. The maximum atomic E-state index is 13.3. The van der Waals surface area contributed by atoms with Gasteiger partial charge < -0.3 is 14.2 Å². The van der Waals surface area contributed by atoms with Crippen LogP contribution in [-0.4, -0.2) is 37.8 Å². The van der Waals surface area contributed by atoms with Gasteiger partial charge in [-0.2, -0.15) is 0 Å². The van der Waals surface area contributed by atoms with E-state index in [1.807, 2.05) is 61.5 Å². The van der Waals surface area contributed by atoms with Crippen LogP contribution < -0.4 is 9.47 Å². The fraction of sp³-hybridized carbons (Fsp3) is 0.393. The third kappa shape index (κ3) is 5.06. The Balaban J connectivity index is 1.59. The van der Waals surface area contributed by atoms with Crippen molar-refractivity contribution in [1.29, 1.82) is 0 Å². The highest BCUT2D eigenvalue weighted by Crippen LogP contribution is 2.48. The van der Waals surface area contributed by atoms with Gasteiger partial charge in [0.1, 0.15) is 30.6 Å². The Bertz CT molecular complexity index is 1120. The second-order valence-corrected chi connectivity index (χ2v) is 9.61. The summed E-state index contributed by atoms with van der Waals surface area (Å²) in [6.07, 6.45) is 1.13. The van der Waals surface area contributed by atoms with E-state index in [0.29, 0.717) is 29.9 Å². The van der Waals surface area contributed by atoms with Crippen LogP contribution in [0, 0.1) is 11.3 Å². The monoisotopic (exact) mass is 461 g/mol. The van der Waals surface area contributed by atoms with Crippen molar-refractivity contribution in [2.45, 2.75) is 39.5 Å². The lowest BCUT2D eigenvalue weighted by Gasteiger charge is -2.39. The summed E-state index contributed by atoms with van der Waals surface area (Å²) < 4.78 is 16.6. The first kappa shape index (κ1) is 23.7. The van der Waals surface area contributed by atoms with Crippen LogP contribution in [0.3, 0.4) is 0 Å². The second kappa shape index (κ2) is 9.84. The Morgan fingerprint density at radius 2 is 1.71 bits per heavy atom.